The van der Waals surface area contributed by atoms with Gasteiger partial charge >= 0.3 is 0 Å². The van der Waals surface area contributed by atoms with Gasteiger partial charge in [0.05, 0.1) is 10.6 Å². The normalized spacial score (nSPS) is 18.0. The van der Waals surface area contributed by atoms with Gasteiger partial charge < -0.3 is 4.74 Å². The van der Waals surface area contributed by atoms with E-state index in [2.05, 4.69) is 24.3 Å². The molecule has 0 aromatic heterocycles. The number of nitrogens with zero attached hydrogens (tertiary/aromatic N) is 1. The van der Waals surface area contributed by atoms with E-state index in [1.807, 2.05) is 31.2 Å². The summed E-state index contributed by atoms with van der Waals surface area (Å²) in [6.45, 7) is 2.41. The lowest BCUT2D eigenvalue weighted by atomic mass is 10.0. The van der Waals surface area contributed by atoms with Crippen molar-refractivity contribution >= 4 is 15.7 Å². The summed E-state index contributed by atoms with van der Waals surface area (Å²) in [5.41, 5.74) is 5.35. The molecule has 0 radical (unpaired) electrons. The molecule has 0 fully saturated rings. The van der Waals surface area contributed by atoms with Crippen molar-refractivity contribution in [2.75, 3.05) is 10.8 Å². The van der Waals surface area contributed by atoms with E-state index in [4.69, 9.17) is 4.74 Å². The molecule has 1 aliphatic carbocycles. The first-order chi connectivity index (χ1) is 14.5. The maximum atomic E-state index is 13.3. The van der Waals surface area contributed by atoms with E-state index in [0.717, 1.165) is 48.2 Å². The van der Waals surface area contributed by atoms with E-state index in [9.17, 15) is 8.42 Å². The van der Waals surface area contributed by atoms with Crippen molar-refractivity contribution in [2.24, 2.45) is 0 Å². The van der Waals surface area contributed by atoms with Crippen LogP contribution in [0.5, 0.6) is 5.75 Å². The van der Waals surface area contributed by atoms with Gasteiger partial charge in [-0.15, -0.1) is 0 Å². The van der Waals surface area contributed by atoms with Crippen molar-refractivity contribution in [1.82, 2.24) is 0 Å². The molecule has 1 aliphatic heterocycles. The molecule has 0 N–H and O–H groups in total. The Morgan fingerprint density at radius 3 is 2.67 bits per heavy atom. The SMILES string of the molecule is Cc1cccc(S(=O)(=O)N2CCCc3cc(O[C@@H]4CCc5ccccc54)ccc32)c1. The molecule has 0 saturated carbocycles. The molecule has 0 unspecified atom stereocenters. The Balaban J connectivity index is 1.44. The zero-order chi connectivity index (χ0) is 20.7. The lowest BCUT2D eigenvalue weighted by Crippen LogP contribution is -2.35. The second-order valence-corrected chi connectivity index (χ2v) is 9.99. The molecule has 1 heterocycles. The summed E-state index contributed by atoms with van der Waals surface area (Å²) in [4.78, 5) is 0.346. The topological polar surface area (TPSA) is 46.6 Å². The fourth-order valence-corrected chi connectivity index (χ4v) is 6.22. The van der Waals surface area contributed by atoms with Crippen LogP contribution in [0.3, 0.4) is 0 Å². The van der Waals surface area contributed by atoms with Crippen molar-refractivity contribution in [2.45, 2.75) is 43.6 Å². The molecule has 1 atom stereocenters. The van der Waals surface area contributed by atoms with Crippen LogP contribution in [-0.2, 0) is 22.9 Å². The number of hydrogen-bond acceptors (Lipinski definition) is 3. The Morgan fingerprint density at radius 1 is 0.933 bits per heavy atom. The highest BCUT2D eigenvalue weighted by Crippen LogP contribution is 2.38. The van der Waals surface area contributed by atoms with Crippen LogP contribution in [-0.4, -0.2) is 15.0 Å². The molecule has 2 aliphatic rings. The van der Waals surface area contributed by atoms with Gasteiger partial charge in [-0.25, -0.2) is 8.42 Å². The van der Waals surface area contributed by atoms with Crippen LogP contribution in [0.2, 0.25) is 0 Å². The summed E-state index contributed by atoms with van der Waals surface area (Å²) < 4.78 is 34.5. The van der Waals surface area contributed by atoms with Crippen LogP contribution in [0.25, 0.3) is 0 Å². The Bertz CT molecular complexity index is 1200. The minimum atomic E-state index is -3.58. The fourth-order valence-electron chi connectivity index (χ4n) is 4.57. The average Bonchev–Trinajstić information content (AvgIpc) is 3.16. The van der Waals surface area contributed by atoms with Crippen molar-refractivity contribution in [1.29, 1.82) is 0 Å². The molecule has 0 bridgehead atoms. The van der Waals surface area contributed by atoms with Gasteiger partial charge in [0.15, 0.2) is 0 Å². The minimum absolute atomic E-state index is 0.0648. The number of sulfonamides is 1. The van der Waals surface area contributed by atoms with Gasteiger partial charge in [-0.05, 0) is 85.2 Å². The third kappa shape index (κ3) is 3.37. The molecule has 0 spiro atoms. The maximum Gasteiger partial charge on any atom is 0.264 e. The fraction of sp³-hybridized carbons (Fsp3) is 0.280. The summed E-state index contributed by atoms with van der Waals surface area (Å²) in [6.07, 6.45) is 3.73. The summed E-state index contributed by atoms with van der Waals surface area (Å²) in [7, 11) is -3.58. The average molecular weight is 420 g/mol. The third-order valence-electron chi connectivity index (χ3n) is 6.06. The summed E-state index contributed by atoms with van der Waals surface area (Å²) in [6, 6.07) is 21.4. The highest BCUT2D eigenvalue weighted by Gasteiger charge is 2.30. The Morgan fingerprint density at radius 2 is 1.80 bits per heavy atom. The second-order valence-electron chi connectivity index (χ2n) is 8.13. The van der Waals surface area contributed by atoms with Gasteiger partial charge in [0.25, 0.3) is 10.0 Å². The largest absolute Gasteiger partial charge is 0.486 e. The van der Waals surface area contributed by atoms with Crippen LogP contribution >= 0.6 is 0 Å². The number of benzene rings is 3. The first kappa shape index (κ1) is 19.2. The highest BCUT2D eigenvalue weighted by atomic mass is 32.2. The van der Waals surface area contributed by atoms with Gasteiger partial charge in [0.2, 0.25) is 0 Å². The molecular formula is C25H25NO3S. The van der Waals surface area contributed by atoms with Crippen molar-refractivity contribution in [3.05, 3.63) is 89.0 Å². The van der Waals surface area contributed by atoms with E-state index >= 15 is 0 Å². The molecule has 154 valence electrons. The molecule has 30 heavy (non-hydrogen) atoms. The molecule has 3 aromatic rings. The van der Waals surface area contributed by atoms with Gasteiger partial charge in [0, 0.05) is 6.54 Å². The van der Waals surface area contributed by atoms with E-state index in [1.165, 1.54) is 11.1 Å². The quantitative estimate of drug-likeness (QED) is 0.584. The van der Waals surface area contributed by atoms with Crippen LogP contribution in [0, 0.1) is 6.92 Å². The summed E-state index contributed by atoms with van der Waals surface area (Å²) >= 11 is 0. The molecule has 5 heteroatoms. The molecule has 0 saturated heterocycles. The molecular weight excluding hydrogens is 394 g/mol. The van der Waals surface area contributed by atoms with Crippen molar-refractivity contribution in [3.63, 3.8) is 0 Å². The van der Waals surface area contributed by atoms with Gasteiger partial charge in [-0.1, -0.05) is 36.4 Å². The predicted octanol–water partition coefficient (Wildman–Crippen LogP) is 5.20. The first-order valence-corrected chi connectivity index (χ1v) is 11.9. The molecule has 5 rings (SSSR count). The first-order valence-electron chi connectivity index (χ1n) is 10.5. The van der Waals surface area contributed by atoms with Crippen LogP contribution < -0.4 is 9.04 Å². The van der Waals surface area contributed by atoms with Crippen LogP contribution in [0.1, 0.15) is 41.2 Å². The number of rotatable bonds is 4. The lowest BCUT2D eigenvalue weighted by Gasteiger charge is -2.31. The number of ether oxygens (including phenoxy) is 1. The van der Waals surface area contributed by atoms with E-state index in [-0.39, 0.29) is 6.10 Å². The summed E-state index contributed by atoms with van der Waals surface area (Å²) in [5.74, 6) is 0.810. The van der Waals surface area contributed by atoms with Gasteiger partial charge in [0.1, 0.15) is 11.9 Å². The zero-order valence-electron chi connectivity index (χ0n) is 17.0. The van der Waals surface area contributed by atoms with Gasteiger partial charge in [-0.3, -0.25) is 4.31 Å². The zero-order valence-corrected chi connectivity index (χ0v) is 17.9. The van der Waals surface area contributed by atoms with Gasteiger partial charge in [-0.2, -0.15) is 0 Å². The Hall–Kier alpha value is -2.79. The standard InChI is InChI=1S/C25H25NO3S/c1-18-6-4-9-22(16-18)30(27,28)26-15-5-8-20-17-21(12-13-24(20)26)29-25-14-11-19-7-2-3-10-23(19)25/h2-4,6-7,9-10,12-13,16-17,25H,5,8,11,14-15H2,1H3/t25-/m1/s1. The third-order valence-corrected chi connectivity index (χ3v) is 7.87. The van der Waals surface area contributed by atoms with E-state index < -0.39 is 10.0 Å². The second kappa shape index (κ2) is 7.47. The summed E-state index contributed by atoms with van der Waals surface area (Å²) in [5, 5.41) is 0. The van der Waals surface area contributed by atoms with E-state index in [1.54, 1.807) is 22.5 Å². The monoisotopic (exact) mass is 419 g/mol. The molecule has 4 nitrogen and oxygen atoms in total. The highest BCUT2D eigenvalue weighted by molar-refractivity contribution is 7.92. The van der Waals surface area contributed by atoms with Crippen LogP contribution in [0.4, 0.5) is 5.69 Å². The van der Waals surface area contributed by atoms with Crippen molar-refractivity contribution < 1.29 is 13.2 Å². The Kier molecular flexibility index (Phi) is 4.78. The van der Waals surface area contributed by atoms with Crippen molar-refractivity contribution in [3.8, 4) is 5.75 Å². The lowest BCUT2D eigenvalue weighted by molar-refractivity contribution is 0.207. The maximum absolute atomic E-state index is 13.3. The molecule has 0 amide bonds. The van der Waals surface area contributed by atoms with Crippen LogP contribution in [0.15, 0.2) is 71.6 Å². The number of anilines is 1. The predicted molar refractivity (Wildman–Crippen MR) is 119 cm³/mol. The number of fused-ring (bicyclic) bond motifs is 2. The number of aryl methyl sites for hydroxylation is 3. The minimum Gasteiger partial charge on any atom is -0.486 e. The smallest absolute Gasteiger partial charge is 0.264 e. The Labute approximate surface area is 178 Å². The number of hydrogen-bond donors (Lipinski definition) is 0. The molecule has 3 aromatic carbocycles. The van der Waals surface area contributed by atoms with E-state index in [0.29, 0.717) is 11.4 Å².